The summed E-state index contributed by atoms with van der Waals surface area (Å²) in [6, 6.07) is 5.68. The molecule has 1 N–H and O–H groups in total. The highest BCUT2D eigenvalue weighted by molar-refractivity contribution is 5.79. The zero-order valence-electron chi connectivity index (χ0n) is 13.5. The lowest BCUT2D eigenvalue weighted by molar-refractivity contribution is -0.133. The van der Waals surface area contributed by atoms with E-state index in [1.54, 1.807) is 18.8 Å². The van der Waals surface area contributed by atoms with Crippen LogP contribution in [0.15, 0.2) is 45.8 Å². The van der Waals surface area contributed by atoms with Crippen LogP contribution in [0.1, 0.15) is 11.3 Å². The lowest BCUT2D eigenvalue weighted by atomic mass is 9.82. The molecule has 2 aliphatic rings. The van der Waals surface area contributed by atoms with Gasteiger partial charge in [-0.2, -0.15) is 0 Å². The first-order valence-corrected chi connectivity index (χ1v) is 8.41. The number of likely N-dealkylation sites (tertiary alicyclic amines) is 1. The molecule has 2 aromatic rings. The van der Waals surface area contributed by atoms with Crippen LogP contribution in [0.4, 0.5) is 0 Å². The molecule has 2 fully saturated rings. The molecule has 0 aliphatic carbocycles. The fourth-order valence-electron chi connectivity index (χ4n) is 3.85. The second-order valence-corrected chi connectivity index (χ2v) is 6.69. The van der Waals surface area contributed by atoms with Crippen molar-refractivity contribution in [1.82, 2.24) is 10.2 Å². The average molecular weight is 330 g/mol. The van der Waals surface area contributed by atoms with Crippen LogP contribution < -0.4 is 5.32 Å². The molecule has 0 bridgehead atoms. The number of carbonyl (C=O) groups excluding carboxylic acids is 1. The van der Waals surface area contributed by atoms with Gasteiger partial charge in [0.05, 0.1) is 44.5 Å². The van der Waals surface area contributed by atoms with Crippen LogP contribution in [-0.2, 0) is 22.6 Å². The Balaban J connectivity index is 1.36. The molecule has 0 radical (unpaired) electrons. The molecule has 0 unspecified atom stereocenters. The van der Waals surface area contributed by atoms with Crippen LogP contribution in [0.25, 0.3) is 0 Å². The van der Waals surface area contributed by atoms with E-state index < -0.39 is 0 Å². The molecule has 0 spiro atoms. The van der Waals surface area contributed by atoms with Gasteiger partial charge in [-0.3, -0.25) is 9.69 Å². The number of carbonyl (C=O) groups is 1. The molecule has 1 amide bonds. The Labute approximate surface area is 140 Å². The van der Waals surface area contributed by atoms with Gasteiger partial charge in [0.2, 0.25) is 5.91 Å². The third-order valence-electron chi connectivity index (χ3n) is 5.05. The topological polar surface area (TPSA) is 67.8 Å². The molecular weight excluding hydrogens is 308 g/mol. The molecule has 4 rings (SSSR count). The summed E-state index contributed by atoms with van der Waals surface area (Å²) < 4.78 is 16.1. The van der Waals surface area contributed by atoms with Gasteiger partial charge in [-0.25, -0.2) is 0 Å². The van der Waals surface area contributed by atoms with E-state index in [2.05, 4.69) is 10.2 Å². The predicted molar refractivity (Wildman–Crippen MR) is 85.8 cm³/mol. The van der Waals surface area contributed by atoms with Crippen molar-refractivity contribution in [1.29, 1.82) is 0 Å². The first kappa shape index (κ1) is 15.5. The number of rotatable bonds is 5. The van der Waals surface area contributed by atoms with E-state index in [-0.39, 0.29) is 11.8 Å². The molecule has 2 aromatic heterocycles. The number of hydrogen-bond acceptors (Lipinski definition) is 5. The first-order chi connectivity index (χ1) is 11.8. The summed E-state index contributed by atoms with van der Waals surface area (Å²) in [5, 5.41) is 2.98. The predicted octanol–water partition coefficient (Wildman–Crippen LogP) is 1.88. The van der Waals surface area contributed by atoms with Crippen molar-refractivity contribution in [3.8, 4) is 0 Å². The summed E-state index contributed by atoms with van der Waals surface area (Å²) in [5.74, 6) is 1.51. The normalized spacial score (nSPS) is 27.1. The van der Waals surface area contributed by atoms with Gasteiger partial charge in [0.1, 0.15) is 5.76 Å². The van der Waals surface area contributed by atoms with E-state index in [1.165, 1.54) is 5.56 Å². The summed E-state index contributed by atoms with van der Waals surface area (Å²) in [4.78, 5) is 15.0. The maximum absolute atomic E-state index is 12.6. The van der Waals surface area contributed by atoms with Crippen molar-refractivity contribution in [3.05, 3.63) is 48.3 Å². The summed E-state index contributed by atoms with van der Waals surface area (Å²) in [5.41, 5.74) is 1.17. The second-order valence-electron chi connectivity index (χ2n) is 6.69. The van der Waals surface area contributed by atoms with E-state index in [1.807, 2.05) is 18.2 Å². The number of ether oxygens (including phenoxy) is 1. The largest absolute Gasteiger partial charge is 0.472 e. The highest BCUT2D eigenvalue weighted by Gasteiger charge is 2.43. The second kappa shape index (κ2) is 6.83. The molecule has 0 saturated carbocycles. The highest BCUT2D eigenvalue weighted by Crippen LogP contribution is 2.35. The van der Waals surface area contributed by atoms with Gasteiger partial charge < -0.3 is 18.9 Å². The molecule has 24 heavy (non-hydrogen) atoms. The van der Waals surface area contributed by atoms with E-state index in [0.717, 1.165) is 32.0 Å². The van der Waals surface area contributed by atoms with E-state index in [4.69, 9.17) is 13.6 Å². The van der Waals surface area contributed by atoms with E-state index in [9.17, 15) is 4.79 Å². The fourth-order valence-corrected chi connectivity index (χ4v) is 3.85. The molecule has 128 valence electrons. The number of nitrogens with one attached hydrogen (secondary N) is 1. The lowest BCUT2D eigenvalue weighted by Crippen LogP contribution is -2.44. The highest BCUT2D eigenvalue weighted by atomic mass is 16.5. The molecule has 6 heteroatoms. The molecule has 0 aromatic carbocycles. The Morgan fingerprint density at radius 2 is 2.21 bits per heavy atom. The Morgan fingerprint density at radius 1 is 1.25 bits per heavy atom. The minimum atomic E-state index is -0.0898. The monoisotopic (exact) mass is 330 g/mol. The Morgan fingerprint density at radius 3 is 3.00 bits per heavy atom. The number of hydrogen-bond donors (Lipinski definition) is 1. The van der Waals surface area contributed by atoms with Crippen LogP contribution in [0, 0.1) is 17.8 Å². The number of furan rings is 2. The number of amides is 1. The first-order valence-electron chi connectivity index (χ1n) is 8.41. The summed E-state index contributed by atoms with van der Waals surface area (Å²) in [6.07, 6.45) is 5.10. The zero-order chi connectivity index (χ0) is 16.4. The van der Waals surface area contributed by atoms with Gasteiger partial charge in [0.15, 0.2) is 0 Å². The van der Waals surface area contributed by atoms with Crippen molar-refractivity contribution >= 4 is 5.91 Å². The number of nitrogens with zero attached hydrogens (tertiary/aromatic N) is 1. The maximum atomic E-state index is 12.6. The quantitative estimate of drug-likeness (QED) is 0.907. The van der Waals surface area contributed by atoms with Crippen LogP contribution in [0.3, 0.4) is 0 Å². The Hall–Kier alpha value is -2.05. The number of fused-ring (bicyclic) bond motifs is 1. The molecule has 3 atom stereocenters. The summed E-state index contributed by atoms with van der Waals surface area (Å²) in [6.45, 7) is 4.44. The summed E-state index contributed by atoms with van der Waals surface area (Å²) in [7, 11) is 0. The maximum Gasteiger partial charge on any atom is 0.226 e. The van der Waals surface area contributed by atoms with Gasteiger partial charge in [-0.15, -0.1) is 0 Å². The molecule has 4 heterocycles. The van der Waals surface area contributed by atoms with Gasteiger partial charge in [0, 0.05) is 25.2 Å². The van der Waals surface area contributed by atoms with Gasteiger partial charge in [0.25, 0.3) is 0 Å². The van der Waals surface area contributed by atoms with E-state index in [0.29, 0.717) is 25.0 Å². The SMILES string of the molecule is O=C(NCc1ccco1)[C@H]1COC[C@H]2CN(Cc3ccoc3)C[C@H]21. The van der Waals surface area contributed by atoms with Gasteiger partial charge >= 0.3 is 0 Å². The Kier molecular flexibility index (Phi) is 4.40. The molecule has 2 aliphatic heterocycles. The van der Waals surface area contributed by atoms with Crippen molar-refractivity contribution in [2.45, 2.75) is 13.1 Å². The third-order valence-corrected chi connectivity index (χ3v) is 5.05. The third kappa shape index (κ3) is 3.25. The van der Waals surface area contributed by atoms with Crippen molar-refractivity contribution in [2.75, 3.05) is 26.3 Å². The van der Waals surface area contributed by atoms with Gasteiger partial charge in [-0.05, 0) is 30.0 Å². The van der Waals surface area contributed by atoms with Crippen LogP contribution in [0.5, 0.6) is 0 Å². The summed E-state index contributed by atoms with van der Waals surface area (Å²) >= 11 is 0. The van der Waals surface area contributed by atoms with Gasteiger partial charge in [-0.1, -0.05) is 0 Å². The van der Waals surface area contributed by atoms with Crippen LogP contribution in [-0.4, -0.2) is 37.1 Å². The van der Waals surface area contributed by atoms with Crippen LogP contribution >= 0.6 is 0 Å². The zero-order valence-corrected chi connectivity index (χ0v) is 13.5. The molecule has 6 nitrogen and oxygen atoms in total. The lowest BCUT2D eigenvalue weighted by Gasteiger charge is -2.31. The minimum Gasteiger partial charge on any atom is -0.472 e. The minimum absolute atomic E-state index is 0.0614. The fraction of sp³-hybridized carbons (Fsp3) is 0.500. The van der Waals surface area contributed by atoms with Crippen molar-refractivity contribution in [2.24, 2.45) is 17.8 Å². The van der Waals surface area contributed by atoms with E-state index >= 15 is 0 Å². The Bertz CT molecular complexity index is 653. The smallest absolute Gasteiger partial charge is 0.226 e. The molecule has 2 saturated heterocycles. The van der Waals surface area contributed by atoms with Crippen molar-refractivity contribution in [3.63, 3.8) is 0 Å². The average Bonchev–Trinajstić information content (AvgIpc) is 3.33. The van der Waals surface area contributed by atoms with Crippen LogP contribution in [0.2, 0.25) is 0 Å². The van der Waals surface area contributed by atoms with Crippen molar-refractivity contribution < 1.29 is 18.4 Å². The standard InChI is InChI=1S/C18H22N2O4/c21-18(19-6-15-2-1-4-24-15)17-12-23-11-14-8-20(9-16(14)17)7-13-3-5-22-10-13/h1-5,10,14,16-17H,6-9,11-12H2,(H,19,21)/t14-,16-,17+/m1/s1. The molecular formula is C18H22N2O4.